The third kappa shape index (κ3) is 2.27. The number of ether oxygens (including phenoxy) is 1. The minimum Gasteiger partial charge on any atom is -0.496 e. The molecular formula is C15H15N3OS. The molecule has 0 saturated heterocycles. The minimum absolute atomic E-state index is 0.0949. The summed E-state index contributed by atoms with van der Waals surface area (Å²) >= 11 is 1.61. The summed E-state index contributed by atoms with van der Waals surface area (Å²) in [5, 5.41) is 3.08. The standard InChI is InChI=1S/C15H15N3OS/c1-19-11-8-13(20-9-11)15(18-16)12-6-2-4-10-5-3-7-17-14(10)12/h2-9,15,18H,16H2,1H3. The lowest BCUT2D eigenvalue weighted by molar-refractivity contribution is 0.416. The number of nitrogens with two attached hydrogens (primary N) is 1. The molecule has 3 aromatic rings. The van der Waals surface area contributed by atoms with Gasteiger partial charge in [0.25, 0.3) is 0 Å². The SMILES string of the molecule is COc1csc(C(NN)c2cccc3cccnc23)c1. The van der Waals surface area contributed by atoms with E-state index in [1.165, 1.54) is 0 Å². The largest absolute Gasteiger partial charge is 0.496 e. The van der Waals surface area contributed by atoms with Gasteiger partial charge >= 0.3 is 0 Å². The number of aromatic nitrogens is 1. The smallest absolute Gasteiger partial charge is 0.129 e. The minimum atomic E-state index is -0.0949. The first-order valence-corrected chi connectivity index (χ1v) is 7.13. The highest BCUT2D eigenvalue weighted by atomic mass is 32.1. The summed E-state index contributed by atoms with van der Waals surface area (Å²) in [6, 6.07) is 12.0. The first kappa shape index (κ1) is 13.1. The van der Waals surface area contributed by atoms with Crippen LogP contribution in [0.25, 0.3) is 10.9 Å². The summed E-state index contributed by atoms with van der Waals surface area (Å²) in [6.07, 6.45) is 1.80. The van der Waals surface area contributed by atoms with Gasteiger partial charge < -0.3 is 4.74 Å². The molecule has 1 atom stereocenters. The molecule has 0 aliphatic heterocycles. The third-order valence-corrected chi connectivity index (χ3v) is 4.23. The van der Waals surface area contributed by atoms with E-state index in [0.29, 0.717) is 0 Å². The van der Waals surface area contributed by atoms with E-state index in [1.54, 1.807) is 24.6 Å². The Kier molecular flexibility index (Phi) is 3.64. The van der Waals surface area contributed by atoms with Gasteiger partial charge in [-0.05, 0) is 12.1 Å². The maximum atomic E-state index is 5.77. The van der Waals surface area contributed by atoms with Crippen molar-refractivity contribution in [1.29, 1.82) is 0 Å². The van der Waals surface area contributed by atoms with E-state index in [2.05, 4.69) is 22.5 Å². The summed E-state index contributed by atoms with van der Waals surface area (Å²) < 4.78 is 5.24. The van der Waals surface area contributed by atoms with Crippen molar-refractivity contribution < 1.29 is 4.74 Å². The van der Waals surface area contributed by atoms with E-state index in [4.69, 9.17) is 10.6 Å². The van der Waals surface area contributed by atoms with Crippen LogP contribution in [-0.2, 0) is 0 Å². The lowest BCUT2D eigenvalue weighted by atomic mass is 10.0. The molecule has 3 N–H and O–H groups in total. The molecule has 102 valence electrons. The zero-order valence-electron chi connectivity index (χ0n) is 11.0. The van der Waals surface area contributed by atoms with Gasteiger partial charge in [-0.1, -0.05) is 24.3 Å². The number of thiophene rings is 1. The van der Waals surface area contributed by atoms with E-state index >= 15 is 0 Å². The van der Waals surface area contributed by atoms with Crippen LogP contribution < -0.4 is 16.0 Å². The van der Waals surface area contributed by atoms with Crippen LogP contribution in [0.2, 0.25) is 0 Å². The molecule has 0 bridgehead atoms. The van der Waals surface area contributed by atoms with Crippen LogP contribution in [-0.4, -0.2) is 12.1 Å². The summed E-state index contributed by atoms with van der Waals surface area (Å²) in [4.78, 5) is 5.58. The summed E-state index contributed by atoms with van der Waals surface area (Å²) in [5.74, 6) is 6.61. The predicted octanol–water partition coefficient (Wildman–Crippen LogP) is 2.86. The highest BCUT2D eigenvalue weighted by molar-refractivity contribution is 7.10. The predicted molar refractivity (Wildman–Crippen MR) is 81.8 cm³/mol. The van der Waals surface area contributed by atoms with Crippen molar-refractivity contribution in [3.05, 3.63) is 58.4 Å². The molecule has 0 aliphatic rings. The molecule has 2 aromatic heterocycles. The monoisotopic (exact) mass is 285 g/mol. The van der Waals surface area contributed by atoms with Gasteiger partial charge in [0, 0.05) is 27.4 Å². The molecule has 1 unspecified atom stereocenters. The molecule has 20 heavy (non-hydrogen) atoms. The number of nitrogens with zero attached hydrogens (tertiary/aromatic N) is 1. The Hall–Kier alpha value is -1.95. The molecule has 0 aliphatic carbocycles. The maximum Gasteiger partial charge on any atom is 0.129 e. The molecule has 4 nitrogen and oxygen atoms in total. The number of fused-ring (bicyclic) bond motifs is 1. The fourth-order valence-electron chi connectivity index (χ4n) is 2.28. The summed E-state index contributed by atoms with van der Waals surface area (Å²) in [6.45, 7) is 0. The van der Waals surface area contributed by atoms with Crippen LogP contribution in [0.3, 0.4) is 0 Å². The first-order chi connectivity index (χ1) is 9.83. The molecule has 3 rings (SSSR count). The second-order valence-corrected chi connectivity index (χ2v) is 5.35. The van der Waals surface area contributed by atoms with E-state index in [-0.39, 0.29) is 6.04 Å². The number of para-hydroxylation sites is 1. The van der Waals surface area contributed by atoms with Gasteiger partial charge in [0.15, 0.2) is 0 Å². The Balaban J connectivity index is 2.11. The molecule has 2 heterocycles. The molecule has 5 heteroatoms. The average Bonchev–Trinajstić information content (AvgIpc) is 2.97. The van der Waals surface area contributed by atoms with Crippen molar-refractivity contribution in [2.24, 2.45) is 5.84 Å². The number of hydrogen-bond donors (Lipinski definition) is 2. The molecule has 1 aromatic carbocycles. The zero-order chi connectivity index (χ0) is 13.9. The van der Waals surface area contributed by atoms with Gasteiger partial charge in [0.2, 0.25) is 0 Å². The van der Waals surface area contributed by atoms with E-state index < -0.39 is 0 Å². The number of hydrazine groups is 1. The average molecular weight is 285 g/mol. The van der Waals surface area contributed by atoms with Crippen molar-refractivity contribution in [2.75, 3.05) is 7.11 Å². The van der Waals surface area contributed by atoms with Gasteiger partial charge in [-0.15, -0.1) is 11.3 Å². The lowest BCUT2D eigenvalue weighted by Crippen LogP contribution is -2.28. The number of benzene rings is 1. The molecule has 0 radical (unpaired) electrons. The Morgan fingerprint density at radius 1 is 1.30 bits per heavy atom. The van der Waals surface area contributed by atoms with E-state index in [0.717, 1.165) is 27.1 Å². The summed E-state index contributed by atoms with van der Waals surface area (Å²) in [5.41, 5.74) is 4.91. The van der Waals surface area contributed by atoms with Gasteiger partial charge in [-0.25, -0.2) is 5.43 Å². The Labute approximate surface area is 121 Å². The highest BCUT2D eigenvalue weighted by Gasteiger charge is 2.18. The zero-order valence-corrected chi connectivity index (χ0v) is 11.9. The molecular weight excluding hydrogens is 270 g/mol. The van der Waals surface area contributed by atoms with Crippen molar-refractivity contribution in [1.82, 2.24) is 10.4 Å². The van der Waals surface area contributed by atoms with Crippen molar-refractivity contribution in [2.45, 2.75) is 6.04 Å². The van der Waals surface area contributed by atoms with Crippen LogP contribution in [0.15, 0.2) is 48.0 Å². The summed E-state index contributed by atoms with van der Waals surface area (Å²) in [7, 11) is 1.66. The van der Waals surface area contributed by atoms with Crippen LogP contribution in [0, 0.1) is 0 Å². The molecule has 0 amide bonds. The lowest BCUT2D eigenvalue weighted by Gasteiger charge is -2.16. The topological polar surface area (TPSA) is 60.2 Å². The van der Waals surface area contributed by atoms with Crippen molar-refractivity contribution >= 4 is 22.2 Å². The fourth-order valence-corrected chi connectivity index (χ4v) is 3.21. The maximum absolute atomic E-state index is 5.77. The van der Waals surface area contributed by atoms with Gasteiger partial charge in [0.1, 0.15) is 5.75 Å². The molecule has 0 fully saturated rings. The van der Waals surface area contributed by atoms with Gasteiger partial charge in [-0.3, -0.25) is 10.8 Å². The Morgan fingerprint density at radius 2 is 2.15 bits per heavy atom. The number of pyridine rings is 1. The second kappa shape index (κ2) is 5.58. The number of nitrogens with one attached hydrogen (secondary N) is 1. The third-order valence-electron chi connectivity index (χ3n) is 3.26. The van der Waals surface area contributed by atoms with E-state index in [9.17, 15) is 0 Å². The number of hydrogen-bond acceptors (Lipinski definition) is 5. The van der Waals surface area contributed by atoms with Crippen molar-refractivity contribution in [3.63, 3.8) is 0 Å². The Bertz CT molecular complexity index is 720. The molecule has 0 spiro atoms. The quantitative estimate of drug-likeness (QED) is 0.571. The van der Waals surface area contributed by atoms with Crippen molar-refractivity contribution in [3.8, 4) is 5.75 Å². The van der Waals surface area contributed by atoms with Crippen LogP contribution in [0.4, 0.5) is 0 Å². The fraction of sp³-hybridized carbons (Fsp3) is 0.133. The van der Waals surface area contributed by atoms with Gasteiger partial charge in [0.05, 0.1) is 18.7 Å². The van der Waals surface area contributed by atoms with Crippen LogP contribution in [0.1, 0.15) is 16.5 Å². The van der Waals surface area contributed by atoms with Crippen LogP contribution >= 0.6 is 11.3 Å². The highest BCUT2D eigenvalue weighted by Crippen LogP contribution is 2.33. The first-order valence-electron chi connectivity index (χ1n) is 6.25. The van der Waals surface area contributed by atoms with Gasteiger partial charge in [-0.2, -0.15) is 0 Å². The Morgan fingerprint density at radius 3 is 2.90 bits per heavy atom. The normalized spacial score (nSPS) is 12.5. The second-order valence-electron chi connectivity index (χ2n) is 4.41. The number of rotatable bonds is 4. The molecule has 0 saturated carbocycles. The van der Waals surface area contributed by atoms with Crippen LogP contribution in [0.5, 0.6) is 5.75 Å². The number of methoxy groups -OCH3 is 1. The van der Waals surface area contributed by atoms with E-state index in [1.807, 2.05) is 29.6 Å².